The Bertz CT molecular complexity index is 349. The summed E-state index contributed by atoms with van der Waals surface area (Å²) in [7, 11) is 0. The maximum Gasteiger partial charge on any atom is 0.270 e. The average molecular weight is 198 g/mol. The van der Waals surface area contributed by atoms with E-state index >= 15 is 0 Å². The quantitative estimate of drug-likeness (QED) is 0.687. The zero-order valence-electron chi connectivity index (χ0n) is 5.57. The predicted molar refractivity (Wildman–Crippen MR) is 37.0 cm³/mol. The lowest BCUT2D eigenvalue weighted by Crippen LogP contribution is -2.14. The number of hydrogen-bond acceptors (Lipinski definition) is 1. The first-order valence-corrected chi connectivity index (χ1v) is 3.26. The Balaban J connectivity index is 3.44. The molecule has 0 aromatic carbocycles. The maximum absolute atomic E-state index is 12.4. The average Bonchev–Trinajstić information content (AvgIpc) is 1.97. The zero-order valence-corrected chi connectivity index (χ0v) is 6.33. The van der Waals surface area contributed by atoms with Crippen molar-refractivity contribution >= 4 is 11.6 Å². The first-order valence-electron chi connectivity index (χ1n) is 2.88. The molecule has 0 atom stereocenters. The topological polar surface area (TPSA) is 32.9 Å². The van der Waals surface area contributed by atoms with Crippen LogP contribution in [0.15, 0.2) is 11.0 Å². The third kappa shape index (κ3) is 1.45. The number of alkyl halides is 2. The standard InChI is InChI=1S/C6H3ClF3NO/c7-5-3(6(9)10)4(12)2(8)1-11-5/h1,6H,(H,11,12). The van der Waals surface area contributed by atoms with Gasteiger partial charge in [0.1, 0.15) is 10.7 Å². The molecular weight excluding hydrogens is 195 g/mol. The lowest BCUT2D eigenvalue weighted by atomic mass is 10.3. The minimum atomic E-state index is -3.07. The van der Waals surface area contributed by atoms with E-state index in [1.807, 2.05) is 4.98 Å². The number of rotatable bonds is 1. The van der Waals surface area contributed by atoms with Gasteiger partial charge in [-0.05, 0) is 0 Å². The normalized spacial score (nSPS) is 10.8. The van der Waals surface area contributed by atoms with Gasteiger partial charge in [-0.3, -0.25) is 4.79 Å². The minimum Gasteiger partial charge on any atom is -0.349 e. The zero-order chi connectivity index (χ0) is 9.30. The summed E-state index contributed by atoms with van der Waals surface area (Å²) in [5.41, 5.74) is -2.40. The van der Waals surface area contributed by atoms with Gasteiger partial charge in [0.25, 0.3) is 6.43 Å². The number of halogens is 4. The summed E-state index contributed by atoms with van der Waals surface area (Å²) in [6, 6.07) is 0. The molecule has 1 aromatic rings. The molecule has 0 unspecified atom stereocenters. The van der Waals surface area contributed by atoms with E-state index in [0.29, 0.717) is 6.20 Å². The van der Waals surface area contributed by atoms with Gasteiger partial charge >= 0.3 is 0 Å². The fraction of sp³-hybridized carbons (Fsp3) is 0.167. The van der Waals surface area contributed by atoms with Crippen molar-refractivity contribution in [2.75, 3.05) is 0 Å². The summed E-state index contributed by atoms with van der Waals surface area (Å²) in [4.78, 5) is 12.7. The summed E-state index contributed by atoms with van der Waals surface area (Å²) >= 11 is 5.19. The monoisotopic (exact) mass is 197 g/mol. The van der Waals surface area contributed by atoms with Crippen molar-refractivity contribution < 1.29 is 13.2 Å². The van der Waals surface area contributed by atoms with Gasteiger partial charge in [-0.25, -0.2) is 13.2 Å². The summed E-state index contributed by atoms with van der Waals surface area (Å²) < 4.78 is 36.4. The minimum absolute atomic E-state index is 0.531. The van der Waals surface area contributed by atoms with Gasteiger partial charge in [0.2, 0.25) is 5.43 Å². The van der Waals surface area contributed by atoms with Crippen LogP contribution in [-0.4, -0.2) is 4.98 Å². The number of pyridine rings is 1. The lowest BCUT2D eigenvalue weighted by Gasteiger charge is -2.00. The molecule has 0 spiro atoms. The fourth-order valence-corrected chi connectivity index (χ4v) is 0.916. The van der Waals surface area contributed by atoms with Crippen LogP contribution < -0.4 is 5.43 Å². The molecule has 12 heavy (non-hydrogen) atoms. The molecule has 6 heteroatoms. The summed E-state index contributed by atoms with van der Waals surface area (Å²) in [5.74, 6) is -1.27. The Morgan fingerprint density at radius 3 is 2.50 bits per heavy atom. The molecule has 0 radical (unpaired) electrons. The third-order valence-electron chi connectivity index (χ3n) is 1.24. The highest BCUT2D eigenvalue weighted by Crippen LogP contribution is 2.21. The first kappa shape index (κ1) is 9.12. The van der Waals surface area contributed by atoms with Gasteiger partial charge in [-0.1, -0.05) is 11.6 Å². The highest BCUT2D eigenvalue weighted by Gasteiger charge is 2.18. The van der Waals surface area contributed by atoms with Gasteiger partial charge in [-0.2, -0.15) is 0 Å². The molecule has 0 saturated carbocycles. The molecule has 1 N–H and O–H groups in total. The van der Waals surface area contributed by atoms with Crippen LogP contribution in [0.2, 0.25) is 5.15 Å². The van der Waals surface area contributed by atoms with Crippen LogP contribution in [0.5, 0.6) is 0 Å². The SMILES string of the molecule is O=c1c(F)c[nH]c(Cl)c1C(F)F. The molecular formula is C6H3ClF3NO. The molecule has 1 heterocycles. The first-order chi connectivity index (χ1) is 5.54. The molecule has 0 aliphatic rings. The van der Waals surface area contributed by atoms with Crippen molar-refractivity contribution in [1.29, 1.82) is 0 Å². The van der Waals surface area contributed by atoms with Crippen LogP contribution in [0.3, 0.4) is 0 Å². The van der Waals surface area contributed by atoms with E-state index in [4.69, 9.17) is 11.6 Å². The van der Waals surface area contributed by atoms with Gasteiger partial charge in [0.05, 0.1) is 0 Å². The Morgan fingerprint density at radius 2 is 2.08 bits per heavy atom. The number of aromatic amines is 1. The summed E-state index contributed by atoms with van der Waals surface area (Å²) in [5, 5.41) is -0.531. The number of H-pyrrole nitrogens is 1. The Kier molecular flexibility index (Phi) is 2.42. The number of nitrogens with one attached hydrogen (secondary N) is 1. The van der Waals surface area contributed by atoms with Crippen LogP contribution in [0, 0.1) is 5.82 Å². The van der Waals surface area contributed by atoms with Gasteiger partial charge in [-0.15, -0.1) is 0 Å². The van der Waals surface area contributed by atoms with Crippen LogP contribution in [-0.2, 0) is 0 Å². The van der Waals surface area contributed by atoms with Crippen molar-refractivity contribution in [1.82, 2.24) is 4.98 Å². The van der Waals surface area contributed by atoms with Crippen molar-refractivity contribution in [3.63, 3.8) is 0 Å². The van der Waals surface area contributed by atoms with Crippen molar-refractivity contribution in [2.24, 2.45) is 0 Å². The van der Waals surface area contributed by atoms with Crippen molar-refractivity contribution in [3.8, 4) is 0 Å². The van der Waals surface area contributed by atoms with Crippen LogP contribution in [0.4, 0.5) is 13.2 Å². The van der Waals surface area contributed by atoms with E-state index in [2.05, 4.69) is 0 Å². The van der Waals surface area contributed by atoms with Gasteiger partial charge < -0.3 is 4.98 Å². The molecule has 1 rings (SSSR count). The van der Waals surface area contributed by atoms with E-state index in [9.17, 15) is 18.0 Å². The van der Waals surface area contributed by atoms with E-state index < -0.39 is 28.4 Å². The Morgan fingerprint density at radius 1 is 1.50 bits per heavy atom. The van der Waals surface area contributed by atoms with Crippen LogP contribution in [0.25, 0.3) is 0 Å². The second-order valence-corrected chi connectivity index (χ2v) is 2.37. The van der Waals surface area contributed by atoms with Gasteiger partial charge in [0, 0.05) is 6.20 Å². The molecule has 0 saturated heterocycles. The summed E-state index contributed by atoms with van der Waals surface area (Å²) in [6.07, 6.45) is -2.44. The molecule has 0 amide bonds. The maximum atomic E-state index is 12.4. The van der Waals surface area contributed by atoms with E-state index in [1.54, 1.807) is 0 Å². The number of aromatic nitrogens is 1. The molecule has 0 aliphatic heterocycles. The van der Waals surface area contributed by atoms with E-state index in [0.717, 1.165) is 0 Å². The van der Waals surface area contributed by atoms with Crippen molar-refractivity contribution in [3.05, 3.63) is 33.0 Å². The third-order valence-corrected chi connectivity index (χ3v) is 1.55. The highest BCUT2D eigenvalue weighted by molar-refractivity contribution is 6.30. The smallest absolute Gasteiger partial charge is 0.270 e. The second kappa shape index (κ2) is 3.18. The molecule has 0 aliphatic carbocycles. The van der Waals surface area contributed by atoms with Crippen LogP contribution >= 0.6 is 11.6 Å². The van der Waals surface area contributed by atoms with Gasteiger partial charge in [0.15, 0.2) is 5.82 Å². The van der Waals surface area contributed by atoms with E-state index in [-0.39, 0.29) is 0 Å². The molecule has 2 nitrogen and oxygen atoms in total. The molecule has 0 bridgehead atoms. The Hall–Kier alpha value is -0.970. The summed E-state index contributed by atoms with van der Waals surface area (Å²) in [6.45, 7) is 0. The second-order valence-electron chi connectivity index (χ2n) is 1.99. The highest BCUT2D eigenvalue weighted by atomic mass is 35.5. The van der Waals surface area contributed by atoms with E-state index in [1.165, 1.54) is 0 Å². The Labute approximate surface area is 70.0 Å². The van der Waals surface area contributed by atoms with Crippen LogP contribution in [0.1, 0.15) is 12.0 Å². The molecule has 66 valence electrons. The van der Waals surface area contributed by atoms with Crippen molar-refractivity contribution in [2.45, 2.75) is 6.43 Å². The molecule has 0 fully saturated rings. The predicted octanol–water partition coefficient (Wildman–Crippen LogP) is 2.10. The lowest BCUT2D eigenvalue weighted by molar-refractivity contribution is 0.149. The fourth-order valence-electron chi connectivity index (χ4n) is 0.693. The molecule has 1 aromatic heterocycles. The number of hydrogen-bond donors (Lipinski definition) is 1. The largest absolute Gasteiger partial charge is 0.349 e.